The molecule has 0 amide bonds. The number of hydrogen-bond donors (Lipinski definition) is 0. The molecular weight excluding hydrogens is 194 g/mol. The molecule has 0 aromatic carbocycles. The number of esters is 1. The fourth-order valence-corrected chi connectivity index (χ4v) is 1.19. The summed E-state index contributed by atoms with van der Waals surface area (Å²) >= 11 is 0. The third kappa shape index (κ3) is 6.86. The van der Waals surface area contributed by atoms with Gasteiger partial charge in [0.05, 0.1) is 6.61 Å². The van der Waals surface area contributed by atoms with Gasteiger partial charge in [-0.15, -0.1) is 0 Å². The van der Waals surface area contributed by atoms with Crippen LogP contribution in [0.2, 0.25) is 0 Å². The van der Waals surface area contributed by atoms with Crippen LogP contribution in [0.5, 0.6) is 0 Å². The Morgan fingerprint density at radius 3 is 2.60 bits per heavy atom. The number of carbonyl (C=O) groups excluding carboxylic acids is 2. The van der Waals surface area contributed by atoms with Crippen LogP contribution in [-0.2, 0) is 14.3 Å². The highest BCUT2D eigenvalue weighted by atomic mass is 16.5. The second-order valence-electron chi connectivity index (χ2n) is 3.40. The number of isocyanates is 1. The predicted molar refractivity (Wildman–Crippen MR) is 57.3 cm³/mol. The maximum Gasteiger partial charge on any atom is 0.331 e. The minimum Gasteiger partial charge on any atom is -0.464 e. The first-order valence-electron chi connectivity index (χ1n) is 5.49. The SMILES string of the molecule is CCCCCC(N=C=O)C(=O)OCCC. The van der Waals surface area contributed by atoms with Crippen LogP contribution in [0.1, 0.15) is 46.0 Å². The van der Waals surface area contributed by atoms with Crippen molar-refractivity contribution in [3.63, 3.8) is 0 Å². The number of ether oxygens (including phenoxy) is 1. The van der Waals surface area contributed by atoms with Gasteiger partial charge < -0.3 is 4.74 Å². The van der Waals surface area contributed by atoms with Gasteiger partial charge in [-0.1, -0.05) is 33.1 Å². The molecule has 0 saturated carbocycles. The summed E-state index contributed by atoms with van der Waals surface area (Å²) in [7, 11) is 0. The number of hydrogen-bond acceptors (Lipinski definition) is 4. The van der Waals surface area contributed by atoms with Gasteiger partial charge >= 0.3 is 5.97 Å². The van der Waals surface area contributed by atoms with Gasteiger partial charge in [0.1, 0.15) is 0 Å². The number of rotatable bonds is 8. The van der Waals surface area contributed by atoms with E-state index >= 15 is 0 Å². The lowest BCUT2D eigenvalue weighted by atomic mass is 10.1. The molecule has 0 aliphatic heterocycles. The van der Waals surface area contributed by atoms with E-state index in [-0.39, 0.29) is 0 Å². The first kappa shape index (κ1) is 13.8. The van der Waals surface area contributed by atoms with E-state index in [1.165, 1.54) is 6.08 Å². The fraction of sp³-hybridized carbons (Fsp3) is 0.818. The van der Waals surface area contributed by atoms with Crippen molar-refractivity contribution < 1.29 is 14.3 Å². The van der Waals surface area contributed by atoms with Gasteiger partial charge in [-0.25, -0.2) is 9.59 Å². The summed E-state index contributed by atoms with van der Waals surface area (Å²) in [5, 5.41) is 0. The molecule has 0 aromatic heterocycles. The molecule has 1 unspecified atom stereocenters. The summed E-state index contributed by atoms with van der Waals surface area (Å²) in [6.45, 7) is 4.38. The molecule has 0 bridgehead atoms. The van der Waals surface area contributed by atoms with Gasteiger partial charge in [-0.2, -0.15) is 4.99 Å². The standard InChI is InChI=1S/C11H19NO3/c1-3-5-6-7-10(12-9-13)11(14)15-8-4-2/h10H,3-8H2,1-2H3. The van der Waals surface area contributed by atoms with Crippen molar-refractivity contribution in [3.8, 4) is 0 Å². The molecule has 4 heteroatoms. The monoisotopic (exact) mass is 213 g/mol. The van der Waals surface area contributed by atoms with E-state index in [2.05, 4.69) is 11.9 Å². The van der Waals surface area contributed by atoms with E-state index in [4.69, 9.17) is 4.74 Å². The van der Waals surface area contributed by atoms with Crippen LogP contribution in [-0.4, -0.2) is 24.7 Å². The average Bonchev–Trinajstić information content (AvgIpc) is 2.25. The quantitative estimate of drug-likeness (QED) is 0.269. The lowest BCUT2D eigenvalue weighted by molar-refractivity contribution is -0.145. The van der Waals surface area contributed by atoms with Crippen LogP contribution >= 0.6 is 0 Å². The summed E-state index contributed by atoms with van der Waals surface area (Å²) in [5.74, 6) is -0.406. The van der Waals surface area contributed by atoms with Crippen LogP contribution in [0, 0.1) is 0 Å². The summed E-state index contributed by atoms with van der Waals surface area (Å²) in [6.07, 6.45) is 5.76. The van der Waals surface area contributed by atoms with Crippen molar-refractivity contribution in [3.05, 3.63) is 0 Å². The van der Waals surface area contributed by atoms with Gasteiger partial charge in [0.25, 0.3) is 0 Å². The molecule has 0 aromatic rings. The van der Waals surface area contributed by atoms with Gasteiger partial charge in [0.15, 0.2) is 6.04 Å². The Labute approximate surface area is 90.7 Å². The zero-order valence-electron chi connectivity index (χ0n) is 9.49. The van der Waals surface area contributed by atoms with Crippen molar-refractivity contribution >= 4 is 12.0 Å². The van der Waals surface area contributed by atoms with Gasteiger partial charge in [0, 0.05) is 0 Å². The minimum absolute atomic E-state index is 0.386. The van der Waals surface area contributed by atoms with Crippen molar-refractivity contribution in [1.29, 1.82) is 0 Å². The Bertz CT molecular complexity index is 222. The lowest BCUT2D eigenvalue weighted by Crippen LogP contribution is -2.21. The van der Waals surface area contributed by atoms with Crippen LogP contribution in [0.15, 0.2) is 4.99 Å². The Kier molecular flexibility index (Phi) is 8.69. The zero-order valence-corrected chi connectivity index (χ0v) is 9.49. The van der Waals surface area contributed by atoms with E-state index in [9.17, 15) is 9.59 Å². The van der Waals surface area contributed by atoms with Crippen molar-refractivity contribution in [2.45, 2.75) is 52.0 Å². The molecular formula is C11H19NO3. The largest absolute Gasteiger partial charge is 0.464 e. The molecule has 0 aliphatic carbocycles. The van der Waals surface area contributed by atoms with Gasteiger partial charge in [-0.3, -0.25) is 0 Å². The van der Waals surface area contributed by atoms with E-state index < -0.39 is 12.0 Å². The Hall–Kier alpha value is -1.15. The second-order valence-corrected chi connectivity index (χ2v) is 3.40. The van der Waals surface area contributed by atoms with E-state index in [1.807, 2.05) is 6.92 Å². The van der Waals surface area contributed by atoms with E-state index in [0.717, 1.165) is 25.7 Å². The third-order valence-electron chi connectivity index (χ3n) is 2.01. The van der Waals surface area contributed by atoms with Crippen LogP contribution in [0.25, 0.3) is 0 Å². The van der Waals surface area contributed by atoms with Crippen LogP contribution < -0.4 is 0 Å². The Morgan fingerprint density at radius 2 is 2.07 bits per heavy atom. The smallest absolute Gasteiger partial charge is 0.331 e. The number of unbranched alkanes of at least 4 members (excludes halogenated alkanes) is 2. The molecule has 86 valence electrons. The number of carbonyl (C=O) groups is 1. The first-order chi connectivity index (χ1) is 7.26. The average molecular weight is 213 g/mol. The van der Waals surface area contributed by atoms with Crippen molar-refractivity contribution in [1.82, 2.24) is 0 Å². The molecule has 0 spiro atoms. The third-order valence-corrected chi connectivity index (χ3v) is 2.01. The highest BCUT2D eigenvalue weighted by Gasteiger charge is 2.18. The Balaban J connectivity index is 4.00. The van der Waals surface area contributed by atoms with Crippen molar-refractivity contribution in [2.75, 3.05) is 6.61 Å². The zero-order chi connectivity index (χ0) is 11.5. The van der Waals surface area contributed by atoms with Gasteiger partial charge in [0.2, 0.25) is 6.08 Å². The molecule has 0 saturated heterocycles. The van der Waals surface area contributed by atoms with Crippen LogP contribution in [0.3, 0.4) is 0 Å². The molecule has 4 nitrogen and oxygen atoms in total. The number of aliphatic imine (C=N–C) groups is 1. The molecule has 0 N–H and O–H groups in total. The second kappa shape index (κ2) is 9.41. The molecule has 1 atom stereocenters. The molecule has 15 heavy (non-hydrogen) atoms. The molecule has 0 radical (unpaired) electrons. The summed E-state index contributed by atoms with van der Waals surface area (Å²) < 4.78 is 4.92. The topological polar surface area (TPSA) is 55.7 Å². The maximum atomic E-state index is 11.4. The molecule has 0 aliphatic rings. The predicted octanol–water partition coefficient (Wildman–Crippen LogP) is 2.22. The maximum absolute atomic E-state index is 11.4. The minimum atomic E-state index is -0.652. The summed E-state index contributed by atoms with van der Waals surface area (Å²) in [5.41, 5.74) is 0. The Morgan fingerprint density at radius 1 is 1.33 bits per heavy atom. The fourth-order valence-electron chi connectivity index (χ4n) is 1.19. The van der Waals surface area contributed by atoms with Crippen molar-refractivity contribution in [2.24, 2.45) is 4.99 Å². The summed E-state index contributed by atoms with van der Waals surface area (Å²) in [4.78, 5) is 25.0. The van der Waals surface area contributed by atoms with Gasteiger partial charge in [-0.05, 0) is 12.8 Å². The molecule has 0 rings (SSSR count). The number of nitrogens with zero attached hydrogens (tertiary/aromatic N) is 1. The first-order valence-corrected chi connectivity index (χ1v) is 5.49. The molecule has 0 fully saturated rings. The molecule has 0 heterocycles. The summed E-state index contributed by atoms with van der Waals surface area (Å²) in [6, 6.07) is -0.652. The normalized spacial score (nSPS) is 11.6. The van der Waals surface area contributed by atoms with E-state index in [1.54, 1.807) is 0 Å². The van der Waals surface area contributed by atoms with Crippen LogP contribution in [0.4, 0.5) is 0 Å². The lowest BCUT2D eigenvalue weighted by Gasteiger charge is -2.09. The van der Waals surface area contributed by atoms with E-state index in [0.29, 0.717) is 13.0 Å². The highest BCUT2D eigenvalue weighted by molar-refractivity contribution is 5.76. The highest BCUT2D eigenvalue weighted by Crippen LogP contribution is 2.08.